The van der Waals surface area contributed by atoms with Gasteiger partial charge in [-0.05, 0) is 38.5 Å². The number of carbonyl (C=O) groups excluding carboxylic acids is 2. The first kappa shape index (κ1) is 15.8. The molecule has 22 heavy (non-hydrogen) atoms. The van der Waals surface area contributed by atoms with E-state index in [-0.39, 0.29) is 17.9 Å². The third-order valence-corrected chi connectivity index (χ3v) is 3.51. The Labute approximate surface area is 129 Å². The molecule has 0 bridgehead atoms. The van der Waals surface area contributed by atoms with Gasteiger partial charge in [-0.2, -0.15) is 0 Å². The van der Waals surface area contributed by atoms with Gasteiger partial charge in [0.25, 0.3) is 11.8 Å². The number of aryl methyl sites for hydroxylation is 1. The highest BCUT2D eigenvalue weighted by Gasteiger charge is 2.17. The molecule has 0 aliphatic carbocycles. The van der Waals surface area contributed by atoms with Gasteiger partial charge in [0, 0.05) is 6.04 Å². The van der Waals surface area contributed by atoms with E-state index in [0.29, 0.717) is 22.6 Å². The second kappa shape index (κ2) is 6.93. The molecule has 116 valence electrons. The molecule has 2 amide bonds. The molecule has 0 saturated carbocycles. The summed E-state index contributed by atoms with van der Waals surface area (Å²) < 4.78 is 5.13. The average Bonchev–Trinajstić information content (AvgIpc) is 2.93. The number of amides is 2. The van der Waals surface area contributed by atoms with Crippen LogP contribution >= 0.6 is 0 Å². The normalized spacial score (nSPS) is 11.8. The highest BCUT2D eigenvalue weighted by Crippen LogP contribution is 2.18. The molecule has 1 heterocycles. The van der Waals surface area contributed by atoms with Crippen molar-refractivity contribution in [1.29, 1.82) is 0 Å². The smallest absolute Gasteiger partial charge is 0.259 e. The molecule has 0 spiro atoms. The molecule has 0 saturated heterocycles. The van der Waals surface area contributed by atoms with E-state index >= 15 is 0 Å². The molecule has 2 aromatic rings. The fourth-order valence-electron chi connectivity index (χ4n) is 2.00. The number of furan rings is 1. The van der Waals surface area contributed by atoms with Gasteiger partial charge >= 0.3 is 0 Å². The van der Waals surface area contributed by atoms with Crippen molar-refractivity contribution in [2.45, 2.75) is 33.2 Å². The van der Waals surface area contributed by atoms with Crippen LogP contribution in [0.25, 0.3) is 0 Å². The molecule has 0 aliphatic heterocycles. The number of hydrogen-bond donors (Lipinski definition) is 2. The van der Waals surface area contributed by atoms with Crippen LogP contribution in [0.5, 0.6) is 0 Å². The van der Waals surface area contributed by atoms with Gasteiger partial charge < -0.3 is 15.1 Å². The van der Waals surface area contributed by atoms with Crippen LogP contribution in [0.1, 0.15) is 46.7 Å². The minimum Gasteiger partial charge on any atom is -0.469 e. The first-order valence-electron chi connectivity index (χ1n) is 7.28. The SMILES string of the molecule is CC[C@@H](C)NC(=O)c1ccccc1NC(=O)c1ccoc1C. The third-order valence-electron chi connectivity index (χ3n) is 3.51. The zero-order valence-corrected chi connectivity index (χ0v) is 13.0. The van der Waals surface area contributed by atoms with Crippen molar-refractivity contribution in [3.63, 3.8) is 0 Å². The maximum atomic E-state index is 12.3. The fourth-order valence-corrected chi connectivity index (χ4v) is 2.00. The summed E-state index contributed by atoms with van der Waals surface area (Å²) in [7, 11) is 0. The molecular formula is C17H20N2O3. The summed E-state index contributed by atoms with van der Waals surface area (Å²) in [5, 5.41) is 5.66. The summed E-state index contributed by atoms with van der Waals surface area (Å²) in [5.74, 6) is 0.0447. The van der Waals surface area contributed by atoms with Crippen molar-refractivity contribution >= 4 is 17.5 Å². The monoisotopic (exact) mass is 300 g/mol. The van der Waals surface area contributed by atoms with Gasteiger partial charge in [-0.25, -0.2) is 0 Å². The Kier molecular flexibility index (Phi) is 4.99. The van der Waals surface area contributed by atoms with Gasteiger partial charge in [0.15, 0.2) is 0 Å². The zero-order chi connectivity index (χ0) is 16.1. The van der Waals surface area contributed by atoms with Crippen LogP contribution in [0.3, 0.4) is 0 Å². The van der Waals surface area contributed by atoms with Crippen LogP contribution in [0.2, 0.25) is 0 Å². The standard InChI is InChI=1S/C17H20N2O3/c1-4-11(2)18-17(21)14-7-5-6-8-15(14)19-16(20)13-9-10-22-12(13)3/h5-11H,4H2,1-3H3,(H,18,21)(H,19,20)/t11-/m1/s1. The molecule has 1 aromatic heterocycles. The van der Waals surface area contributed by atoms with E-state index in [2.05, 4.69) is 10.6 Å². The number of carbonyl (C=O) groups is 2. The van der Waals surface area contributed by atoms with E-state index in [1.807, 2.05) is 13.8 Å². The molecule has 5 heteroatoms. The third kappa shape index (κ3) is 3.55. The second-order valence-corrected chi connectivity index (χ2v) is 5.17. The Morgan fingerprint density at radius 2 is 1.86 bits per heavy atom. The molecule has 0 fully saturated rings. The van der Waals surface area contributed by atoms with Crippen LogP contribution in [0.15, 0.2) is 41.0 Å². The average molecular weight is 300 g/mol. The fraction of sp³-hybridized carbons (Fsp3) is 0.294. The van der Waals surface area contributed by atoms with Crippen molar-refractivity contribution in [3.05, 3.63) is 53.5 Å². The number of nitrogens with one attached hydrogen (secondary N) is 2. The largest absolute Gasteiger partial charge is 0.469 e. The number of rotatable bonds is 5. The predicted molar refractivity (Wildman–Crippen MR) is 85.1 cm³/mol. The number of anilines is 1. The van der Waals surface area contributed by atoms with E-state index in [0.717, 1.165) is 6.42 Å². The highest BCUT2D eigenvalue weighted by atomic mass is 16.3. The molecule has 2 N–H and O–H groups in total. The lowest BCUT2D eigenvalue weighted by Gasteiger charge is -2.14. The summed E-state index contributed by atoms with van der Waals surface area (Å²) in [4.78, 5) is 24.5. The lowest BCUT2D eigenvalue weighted by molar-refractivity contribution is 0.0940. The number of hydrogen-bond acceptors (Lipinski definition) is 3. The summed E-state index contributed by atoms with van der Waals surface area (Å²) in [6, 6.07) is 8.62. The Hall–Kier alpha value is -2.56. The van der Waals surface area contributed by atoms with Crippen molar-refractivity contribution in [2.24, 2.45) is 0 Å². The van der Waals surface area contributed by atoms with E-state index in [4.69, 9.17) is 4.42 Å². The minimum absolute atomic E-state index is 0.0763. The maximum absolute atomic E-state index is 12.3. The number of para-hydroxylation sites is 1. The van der Waals surface area contributed by atoms with Gasteiger partial charge in [-0.15, -0.1) is 0 Å². The van der Waals surface area contributed by atoms with Gasteiger partial charge in [-0.3, -0.25) is 9.59 Å². The van der Waals surface area contributed by atoms with Crippen LogP contribution in [0, 0.1) is 6.92 Å². The van der Waals surface area contributed by atoms with Gasteiger partial charge in [0.2, 0.25) is 0 Å². The van der Waals surface area contributed by atoms with Crippen molar-refractivity contribution in [2.75, 3.05) is 5.32 Å². The lowest BCUT2D eigenvalue weighted by Crippen LogP contribution is -2.32. The van der Waals surface area contributed by atoms with Crippen LogP contribution in [0.4, 0.5) is 5.69 Å². The van der Waals surface area contributed by atoms with Gasteiger partial charge in [-0.1, -0.05) is 19.1 Å². The Morgan fingerprint density at radius 1 is 1.14 bits per heavy atom. The quantitative estimate of drug-likeness (QED) is 0.889. The predicted octanol–water partition coefficient (Wildman–Crippen LogP) is 3.37. The van der Waals surface area contributed by atoms with Crippen molar-refractivity contribution in [3.8, 4) is 0 Å². The second-order valence-electron chi connectivity index (χ2n) is 5.17. The van der Waals surface area contributed by atoms with Crippen molar-refractivity contribution < 1.29 is 14.0 Å². The van der Waals surface area contributed by atoms with Crippen molar-refractivity contribution in [1.82, 2.24) is 5.32 Å². The lowest BCUT2D eigenvalue weighted by atomic mass is 10.1. The molecule has 2 rings (SSSR count). The molecule has 1 atom stereocenters. The van der Waals surface area contributed by atoms with E-state index in [9.17, 15) is 9.59 Å². The maximum Gasteiger partial charge on any atom is 0.259 e. The topological polar surface area (TPSA) is 71.3 Å². The van der Waals surface area contributed by atoms with Gasteiger partial charge in [0.05, 0.1) is 23.1 Å². The molecule has 0 radical (unpaired) electrons. The van der Waals surface area contributed by atoms with Crippen LogP contribution < -0.4 is 10.6 Å². The Bertz CT molecular complexity index is 676. The Balaban J connectivity index is 2.20. The van der Waals surface area contributed by atoms with Crippen LogP contribution in [-0.4, -0.2) is 17.9 Å². The zero-order valence-electron chi connectivity index (χ0n) is 13.0. The van der Waals surface area contributed by atoms with Gasteiger partial charge in [0.1, 0.15) is 5.76 Å². The molecule has 0 unspecified atom stereocenters. The van der Waals surface area contributed by atoms with E-state index in [1.54, 1.807) is 37.3 Å². The molecule has 0 aliphatic rings. The van der Waals surface area contributed by atoms with E-state index < -0.39 is 0 Å². The summed E-state index contributed by atoms with van der Waals surface area (Å²) in [6.45, 7) is 5.66. The summed E-state index contributed by atoms with van der Waals surface area (Å²) in [5.41, 5.74) is 1.38. The Morgan fingerprint density at radius 3 is 2.50 bits per heavy atom. The van der Waals surface area contributed by atoms with E-state index in [1.165, 1.54) is 6.26 Å². The summed E-state index contributed by atoms with van der Waals surface area (Å²) >= 11 is 0. The first-order valence-corrected chi connectivity index (χ1v) is 7.28. The minimum atomic E-state index is -0.296. The summed E-state index contributed by atoms with van der Waals surface area (Å²) in [6.07, 6.45) is 2.31. The highest BCUT2D eigenvalue weighted by molar-refractivity contribution is 6.09. The molecule has 1 aromatic carbocycles. The molecular weight excluding hydrogens is 280 g/mol. The first-order chi connectivity index (χ1) is 10.5. The molecule has 5 nitrogen and oxygen atoms in total. The van der Waals surface area contributed by atoms with Crippen LogP contribution in [-0.2, 0) is 0 Å². The number of benzene rings is 1.